The molecule has 0 spiro atoms. The van der Waals surface area contributed by atoms with Crippen LogP contribution in [0.4, 0.5) is 5.69 Å². The molecule has 0 fully saturated rings. The maximum Gasteiger partial charge on any atom is 0.337 e. The maximum absolute atomic E-state index is 11.9. The van der Waals surface area contributed by atoms with Gasteiger partial charge in [-0.3, -0.25) is 10.1 Å². The molecule has 2 aromatic rings. The van der Waals surface area contributed by atoms with Gasteiger partial charge in [-0.25, -0.2) is 9.59 Å². The summed E-state index contributed by atoms with van der Waals surface area (Å²) < 4.78 is 9.86. The molecule has 0 unspecified atom stereocenters. The van der Waals surface area contributed by atoms with Crippen LogP contribution in [0, 0.1) is 10.1 Å². The van der Waals surface area contributed by atoms with E-state index < -0.39 is 23.0 Å². The monoisotopic (exact) mass is 355 g/mol. The van der Waals surface area contributed by atoms with Gasteiger partial charge in [0, 0.05) is 18.2 Å². The fourth-order valence-electron chi connectivity index (χ4n) is 2.19. The summed E-state index contributed by atoms with van der Waals surface area (Å²) in [6, 6.07) is 12.4. The van der Waals surface area contributed by atoms with Crippen molar-refractivity contribution in [1.82, 2.24) is 0 Å². The van der Waals surface area contributed by atoms with Crippen molar-refractivity contribution in [3.63, 3.8) is 0 Å². The molecular weight excluding hydrogens is 338 g/mol. The minimum Gasteiger partial charge on any atom is -0.465 e. The lowest BCUT2D eigenvalue weighted by molar-refractivity contribution is -0.385. The smallest absolute Gasteiger partial charge is 0.337 e. The fourth-order valence-corrected chi connectivity index (χ4v) is 2.19. The predicted molar refractivity (Wildman–Crippen MR) is 94.4 cm³/mol. The van der Waals surface area contributed by atoms with Crippen LogP contribution in [0.5, 0.6) is 0 Å². The lowest BCUT2D eigenvalue weighted by Crippen LogP contribution is -2.06. The summed E-state index contributed by atoms with van der Waals surface area (Å²) in [4.78, 5) is 33.6. The first-order chi connectivity index (χ1) is 12.4. The van der Waals surface area contributed by atoms with E-state index in [-0.39, 0.29) is 5.69 Å². The van der Waals surface area contributed by atoms with Crippen molar-refractivity contribution in [2.24, 2.45) is 0 Å². The number of nitro benzene ring substituents is 1. The molecule has 0 aliphatic heterocycles. The van der Waals surface area contributed by atoms with E-state index >= 15 is 0 Å². The average Bonchev–Trinajstić information content (AvgIpc) is 2.66. The number of hydrogen-bond acceptors (Lipinski definition) is 6. The van der Waals surface area contributed by atoms with Crippen molar-refractivity contribution in [3.8, 4) is 0 Å². The highest BCUT2D eigenvalue weighted by atomic mass is 16.6. The molecule has 0 N–H and O–H groups in total. The summed E-state index contributed by atoms with van der Waals surface area (Å²) in [5, 5.41) is 10.8. The molecule has 7 nitrogen and oxygen atoms in total. The van der Waals surface area contributed by atoms with Crippen LogP contribution in [0.1, 0.15) is 34.5 Å². The molecule has 0 aliphatic rings. The van der Waals surface area contributed by atoms with Gasteiger partial charge in [-0.1, -0.05) is 24.3 Å². The number of nitrogens with zero attached hydrogens (tertiary/aromatic N) is 1. The third-order valence-corrected chi connectivity index (χ3v) is 3.59. The zero-order valence-corrected chi connectivity index (χ0v) is 14.2. The van der Waals surface area contributed by atoms with Gasteiger partial charge in [-0.05, 0) is 36.3 Å². The third-order valence-electron chi connectivity index (χ3n) is 3.59. The van der Waals surface area contributed by atoms with Crippen LogP contribution in [-0.2, 0) is 14.3 Å². The molecule has 1 atom stereocenters. The Morgan fingerprint density at radius 1 is 1.15 bits per heavy atom. The number of hydrogen-bond donors (Lipinski definition) is 0. The van der Waals surface area contributed by atoms with E-state index in [1.165, 1.54) is 31.4 Å². The number of esters is 2. The van der Waals surface area contributed by atoms with Crippen molar-refractivity contribution in [2.75, 3.05) is 7.11 Å². The average molecular weight is 355 g/mol. The van der Waals surface area contributed by atoms with Gasteiger partial charge in [0.05, 0.1) is 17.6 Å². The molecule has 2 rings (SSSR count). The zero-order valence-electron chi connectivity index (χ0n) is 14.2. The molecular formula is C19H17NO6. The fraction of sp³-hybridized carbons (Fsp3) is 0.158. The number of benzene rings is 2. The number of carbonyl (C=O) groups is 2. The second-order valence-corrected chi connectivity index (χ2v) is 5.38. The quantitative estimate of drug-likeness (QED) is 0.339. The van der Waals surface area contributed by atoms with E-state index in [4.69, 9.17) is 4.74 Å². The van der Waals surface area contributed by atoms with E-state index in [1.807, 2.05) is 0 Å². The molecule has 0 saturated heterocycles. The Bertz CT molecular complexity index is 841. The summed E-state index contributed by atoms with van der Waals surface area (Å²) >= 11 is 0. The molecule has 0 saturated carbocycles. The van der Waals surface area contributed by atoms with Crippen LogP contribution in [-0.4, -0.2) is 24.0 Å². The minimum atomic E-state index is -0.631. The van der Waals surface area contributed by atoms with Crippen molar-refractivity contribution >= 4 is 23.7 Å². The number of non-ortho nitro benzene ring substituents is 1. The van der Waals surface area contributed by atoms with Crippen LogP contribution in [0.2, 0.25) is 0 Å². The van der Waals surface area contributed by atoms with Crippen molar-refractivity contribution < 1.29 is 24.0 Å². The van der Waals surface area contributed by atoms with Crippen LogP contribution in [0.15, 0.2) is 54.6 Å². The molecule has 0 heterocycles. The Labute approximate surface area is 150 Å². The van der Waals surface area contributed by atoms with Crippen LogP contribution in [0.3, 0.4) is 0 Å². The van der Waals surface area contributed by atoms with Crippen LogP contribution < -0.4 is 0 Å². The molecule has 134 valence electrons. The van der Waals surface area contributed by atoms with Crippen molar-refractivity contribution in [1.29, 1.82) is 0 Å². The van der Waals surface area contributed by atoms with Crippen LogP contribution in [0.25, 0.3) is 6.08 Å². The van der Waals surface area contributed by atoms with E-state index in [1.54, 1.807) is 43.3 Å². The second kappa shape index (κ2) is 8.57. The molecule has 0 amide bonds. The van der Waals surface area contributed by atoms with Gasteiger partial charge in [0.15, 0.2) is 0 Å². The summed E-state index contributed by atoms with van der Waals surface area (Å²) in [6.45, 7) is 1.63. The van der Waals surface area contributed by atoms with E-state index in [0.717, 1.165) is 0 Å². The van der Waals surface area contributed by atoms with Gasteiger partial charge in [0.1, 0.15) is 6.10 Å². The van der Waals surface area contributed by atoms with Gasteiger partial charge >= 0.3 is 11.9 Å². The Morgan fingerprint density at radius 3 is 2.46 bits per heavy atom. The summed E-state index contributed by atoms with van der Waals surface area (Å²) in [7, 11) is 1.30. The maximum atomic E-state index is 11.9. The molecule has 0 radical (unpaired) electrons. The third kappa shape index (κ3) is 5.01. The van der Waals surface area contributed by atoms with Gasteiger partial charge < -0.3 is 9.47 Å². The lowest BCUT2D eigenvalue weighted by Gasteiger charge is -2.11. The number of nitro groups is 1. The van der Waals surface area contributed by atoms with Crippen molar-refractivity contribution in [3.05, 3.63) is 81.4 Å². The molecule has 0 aromatic heterocycles. The van der Waals surface area contributed by atoms with E-state index in [0.29, 0.717) is 16.7 Å². The Kier molecular flexibility index (Phi) is 6.21. The molecule has 0 bridgehead atoms. The summed E-state index contributed by atoms with van der Waals surface area (Å²) in [6.07, 6.45) is 2.17. The van der Waals surface area contributed by atoms with Crippen molar-refractivity contribution in [2.45, 2.75) is 13.0 Å². The summed E-state index contributed by atoms with van der Waals surface area (Å²) in [5.41, 5.74) is 1.58. The Morgan fingerprint density at radius 2 is 1.85 bits per heavy atom. The van der Waals surface area contributed by atoms with Gasteiger partial charge in [-0.15, -0.1) is 0 Å². The highest BCUT2D eigenvalue weighted by Gasteiger charge is 2.13. The first-order valence-electron chi connectivity index (χ1n) is 7.72. The second-order valence-electron chi connectivity index (χ2n) is 5.38. The number of carbonyl (C=O) groups excluding carboxylic acids is 2. The molecule has 7 heteroatoms. The zero-order chi connectivity index (χ0) is 19.1. The normalized spacial score (nSPS) is 11.8. The van der Waals surface area contributed by atoms with Gasteiger partial charge in [0.25, 0.3) is 5.69 Å². The predicted octanol–water partition coefficient (Wildman–Crippen LogP) is 3.70. The standard InChI is InChI=1S/C19H17NO6/c1-13(16-4-3-5-17(12-16)20(23)24)26-18(21)11-8-14-6-9-15(10-7-14)19(22)25-2/h3-13H,1-2H3/b11-8+/t13-/m0/s1. The highest BCUT2D eigenvalue weighted by Crippen LogP contribution is 2.22. The summed E-state index contributed by atoms with van der Waals surface area (Å²) in [5.74, 6) is -1.02. The van der Waals surface area contributed by atoms with Gasteiger partial charge in [-0.2, -0.15) is 0 Å². The molecule has 2 aromatic carbocycles. The first kappa shape index (κ1) is 18.9. The topological polar surface area (TPSA) is 95.7 Å². The first-order valence-corrected chi connectivity index (χ1v) is 7.72. The van der Waals surface area contributed by atoms with E-state index in [2.05, 4.69) is 4.74 Å². The lowest BCUT2D eigenvalue weighted by atomic mass is 10.1. The number of ether oxygens (including phenoxy) is 2. The van der Waals surface area contributed by atoms with Crippen LogP contribution >= 0.6 is 0 Å². The number of rotatable bonds is 6. The minimum absolute atomic E-state index is 0.0633. The number of methoxy groups -OCH3 is 1. The van der Waals surface area contributed by atoms with E-state index in [9.17, 15) is 19.7 Å². The molecule has 0 aliphatic carbocycles. The molecule has 26 heavy (non-hydrogen) atoms. The largest absolute Gasteiger partial charge is 0.465 e. The Balaban J connectivity index is 1.99. The Hall–Kier alpha value is -3.48. The highest BCUT2D eigenvalue weighted by molar-refractivity contribution is 5.90. The SMILES string of the molecule is COC(=O)c1ccc(/C=C/C(=O)O[C@@H](C)c2cccc([N+](=O)[O-])c2)cc1. The van der Waals surface area contributed by atoms with Gasteiger partial charge in [0.2, 0.25) is 0 Å².